The number of halogens is 4. The molecule has 0 aromatic heterocycles. The van der Waals surface area contributed by atoms with Gasteiger partial charge < -0.3 is 5.32 Å². The van der Waals surface area contributed by atoms with Crippen molar-refractivity contribution in [3.8, 4) is 0 Å². The molecule has 0 saturated heterocycles. The molecule has 1 nitrogen and oxygen atoms in total. The van der Waals surface area contributed by atoms with Crippen LogP contribution in [0.4, 0.5) is 5.69 Å². The minimum absolute atomic E-state index is 0.542. The average molecular weight is 321 g/mol. The van der Waals surface area contributed by atoms with Gasteiger partial charge >= 0.3 is 0 Å². The Morgan fingerprint density at radius 1 is 0.778 bits per heavy atom. The fraction of sp³-hybridized carbons (Fsp3) is 0.0769. The molecule has 0 unspecified atom stereocenters. The Labute approximate surface area is 126 Å². The lowest BCUT2D eigenvalue weighted by Gasteiger charge is -2.10. The maximum atomic E-state index is 6.07. The van der Waals surface area contributed by atoms with Crippen molar-refractivity contribution >= 4 is 52.1 Å². The summed E-state index contributed by atoms with van der Waals surface area (Å²) in [5.41, 5.74) is 1.72. The van der Waals surface area contributed by atoms with E-state index in [1.165, 1.54) is 0 Å². The zero-order chi connectivity index (χ0) is 13.1. The Hall–Kier alpha value is -0.600. The van der Waals surface area contributed by atoms with Gasteiger partial charge in [-0.15, -0.1) is 0 Å². The summed E-state index contributed by atoms with van der Waals surface area (Å²) < 4.78 is 0. The molecule has 18 heavy (non-hydrogen) atoms. The molecule has 2 aromatic rings. The second-order valence-corrected chi connectivity index (χ2v) is 5.40. The Morgan fingerprint density at radius 2 is 1.44 bits per heavy atom. The van der Waals surface area contributed by atoms with Crippen molar-refractivity contribution in [1.82, 2.24) is 0 Å². The Balaban J connectivity index is 2.13. The summed E-state index contributed by atoms with van der Waals surface area (Å²) in [7, 11) is 0. The highest BCUT2D eigenvalue weighted by Crippen LogP contribution is 2.27. The lowest BCUT2D eigenvalue weighted by molar-refractivity contribution is 1.15. The van der Waals surface area contributed by atoms with E-state index in [0.29, 0.717) is 26.6 Å². The minimum atomic E-state index is 0.542. The zero-order valence-electron chi connectivity index (χ0n) is 9.18. The zero-order valence-corrected chi connectivity index (χ0v) is 12.2. The van der Waals surface area contributed by atoms with E-state index in [-0.39, 0.29) is 0 Å². The van der Waals surface area contributed by atoms with Gasteiger partial charge in [0.15, 0.2) is 0 Å². The van der Waals surface area contributed by atoms with E-state index in [0.717, 1.165) is 11.3 Å². The van der Waals surface area contributed by atoms with Crippen molar-refractivity contribution in [3.63, 3.8) is 0 Å². The second kappa shape index (κ2) is 6.03. The molecule has 0 heterocycles. The quantitative estimate of drug-likeness (QED) is 0.741. The van der Waals surface area contributed by atoms with E-state index >= 15 is 0 Å². The molecular formula is C13H9Cl4N. The SMILES string of the molecule is Clc1ccc(NCc2cc(Cl)ccc2Cl)c(Cl)c1. The molecule has 2 rings (SSSR count). The Bertz CT molecular complexity index is 569. The minimum Gasteiger partial charge on any atom is -0.380 e. The maximum Gasteiger partial charge on any atom is 0.0652 e. The third-order valence-electron chi connectivity index (χ3n) is 2.41. The van der Waals surface area contributed by atoms with Crippen molar-refractivity contribution in [2.75, 3.05) is 5.32 Å². The molecule has 2 aromatic carbocycles. The van der Waals surface area contributed by atoms with Gasteiger partial charge in [0.2, 0.25) is 0 Å². The van der Waals surface area contributed by atoms with Crippen LogP contribution in [0.1, 0.15) is 5.56 Å². The number of hydrogen-bond donors (Lipinski definition) is 1. The first-order chi connectivity index (χ1) is 8.56. The Kier molecular flexibility index (Phi) is 4.63. The van der Waals surface area contributed by atoms with Gasteiger partial charge in [-0.1, -0.05) is 46.4 Å². The van der Waals surface area contributed by atoms with E-state index in [1.54, 1.807) is 24.3 Å². The van der Waals surface area contributed by atoms with Crippen LogP contribution < -0.4 is 5.32 Å². The summed E-state index contributed by atoms with van der Waals surface area (Å²) >= 11 is 23.9. The molecule has 0 saturated carbocycles. The normalized spacial score (nSPS) is 10.4. The van der Waals surface area contributed by atoms with Crippen LogP contribution in [-0.4, -0.2) is 0 Å². The van der Waals surface area contributed by atoms with Crippen molar-refractivity contribution in [2.45, 2.75) is 6.54 Å². The number of anilines is 1. The van der Waals surface area contributed by atoms with Crippen molar-refractivity contribution in [2.24, 2.45) is 0 Å². The largest absolute Gasteiger partial charge is 0.380 e. The van der Waals surface area contributed by atoms with Crippen LogP contribution in [0.5, 0.6) is 0 Å². The fourth-order valence-corrected chi connectivity index (χ4v) is 2.36. The maximum absolute atomic E-state index is 6.07. The number of nitrogens with one attached hydrogen (secondary N) is 1. The molecule has 94 valence electrons. The van der Waals surface area contributed by atoms with Gasteiger partial charge in [-0.05, 0) is 42.0 Å². The van der Waals surface area contributed by atoms with Crippen LogP contribution in [0.3, 0.4) is 0 Å². The van der Waals surface area contributed by atoms with E-state index in [9.17, 15) is 0 Å². The first-order valence-corrected chi connectivity index (χ1v) is 6.70. The third-order valence-corrected chi connectivity index (χ3v) is 3.56. The van der Waals surface area contributed by atoms with Crippen molar-refractivity contribution in [3.05, 3.63) is 62.1 Å². The first kappa shape index (κ1) is 13.8. The predicted molar refractivity (Wildman–Crippen MR) is 80.3 cm³/mol. The van der Waals surface area contributed by atoms with Gasteiger partial charge in [0.1, 0.15) is 0 Å². The molecule has 1 N–H and O–H groups in total. The molecule has 5 heteroatoms. The summed E-state index contributed by atoms with van der Waals surface area (Å²) in [5.74, 6) is 0. The lowest BCUT2D eigenvalue weighted by Crippen LogP contribution is -2.00. The summed E-state index contributed by atoms with van der Waals surface area (Å²) in [6.07, 6.45) is 0. The molecule has 0 aliphatic rings. The smallest absolute Gasteiger partial charge is 0.0652 e. The molecule has 0 bridgehead atoms. The van der Waals surface area contributed by atoms with Crippen LogP contribution in [0.25, 0.3) is 0 Å². The predicted octanol–water partition coefficient (Wildman–Crippen LogP) is 5.91. The number of rotatable bonds is 3. The van der Waals surface area contributed by atoms with E-state index in [1.807, 2.05) is 12.1 Å². The van der Waals surface area contributed by atoms with Gasteiger partial charge in [-0.3, -0.25) is 0 Å². The first-order valence-electron chi connectivity index (χ1n) is 5.19. The van der Waals surface area contributed by atoms with Crippen LogP contribution in [0.15, 0.2) is 36.4 Å². The van der Waals surface area contributed by atoms with Crippen LogP contribution >= 0.6 is 46.4 Å². The van der Waals surface area contributed by atoms with E-state index in [4.69, 9.17) is 46.4 Å². The van der Waals surface area contributed by atoms with Crippen molar-refractivity contribution in [1.29, 1.82) is 0 Å². The van der Waals surface area contributed by atoms with E-state index in [2.05, 4.69) is 5.32 Å². The molecule has 0 fully saturated rings. The highest BCUT2D eigenvalue weighted by molar-refractivity contribution is 6.36. The summed E-state index contributed by atoms with van der Waals surface area (Å²) in [6, 6.07) is 10.6. The second-order valence-electron chi connectivity index (χ2n) is 3.71. The van der Waals surface area contributed by atoms with Crippen LogP contribution in [-0.2, 0) is 6.54 Å². The monoisotopic (exact) mass is 319 g/mol. The number of benzene rings is 2. The highest BCUT2D eigenvalue weighted by Gasteiger charge is 2.04. The molecule has 0 spiro atoms. The molecular weight excluding hydrogens is 312 g/mol. The van der Waals surface area contributed by atoms with Gasteiger partial charge in [0.25, 0.3) is 0 Å². The number of hydrogen-bond acceptors (Lipinski definition) is 1. The molecule has 0 amide bonds. The van der Waals surface area contributed by atoms with Crippen LogP contribution in [0.2, 0.25) is 20.1 Å². The molecule has 0 aliphatic heterocycles. The summed E-state index contributed by atoms with van der Waals surface area (Å²) in [4.78, 5) is 0. The van der Waals surface area contributed by atoms with E-state index < -0.39 is 0 Å². The summed E-state index contributed by atoms with van der Waals surface area (Å²) in [6.45, 7) is 0.542. The molecule has 0 atom stereocenters. The van der Waals surface area contributed by atoms with Gasteiger partial charge in [0.05, 0.1) is 10.7 Å². The highest BCUT2D eigenvalue weighted by atomic mass is 35.5. The lowest BCUT2D eigenvalue weighted by atomic mass is 10.2. The Morgan fingerprint density at radius 3 is 2.17 bits per heavy atom. The van der Waals surface area contributed by atoms with Crippen molar-refractivity contribution < 1.29 is 0 Å². The fourth-order valence-electron chi connectivity index (χ4n) is 1.50. The van der Waals surface area contributed by atoms with Gasteiger partial charge in [-0.25, -0.2) is 0 Å². The summed E-state index contributed by atoms with van der Waals surface area (Å²) in [5, 5.41) is 5.68. The average Bonchev–Trinajstić information content (AvgIpc) is 2.32. The standard InChI is InChI=1S/C13H9Cl4N/c14-9-1-3-11(16)8(5-9)7-18-13-4-2-10(15)6-12(13)17/h1-6,18H,7H2. The third kappa shape index (κ3) is 3.46. The topological polar surface area (TPSA) is 12.0 Å². The van der Waals surface area contributed by atoms with Gasteiger partial charge in [0, 0.05) is 21.6 Å². The molecule has 0 radical (unpaired) electrons. The molecule has 0 aliphatic carbocycles. The van der Waals surface area contributed by atoms with Crippen LogP contribution in [0, 0.1) is 0 Å². The van der Waals surface area contributed by atoms with Gasteiger partial charge in [-0.2, -0.15) is 0 Å².